The van der Waals surface area contributed by atoms with E-state index in [-0.39, 0.29) is 18.7 Å². The highest BCUT2D eigenvalue weighted by atomic mass is 19.1. The van der Waals surface area contributed by atoms with E-state index in [1.807, 2.05) is 30.3 Å². The lowest BCUT2D eigenvalue weighted by molar-refractivity contribution is -0.129. The zero-order valence-electron chi connectivity index (χ0n) is 14.9. The highest BCUT2D eigenvalue weighted by Crippen LogP contribution is 2.17. The van der Waals surface area contributed by atoms with Gasteiger partial charge in [0, 0.05) is 5.56 Å². The number of carbonyl (C=O) groups excluding carboxylic acids is 2. The van der Waals surface area contributed by atoms with Crippen molar-refractivity contribution in [2.75, 3.05) is 7.11 Å². The quantitative estimate of drug-likeness (QED) is 0.611. The number of benzene rings is 2. The molecule has 0 radical (unpaired) electrons. The van der Waals surface area contributed by atoms with E-state index in [1.165, 1.54) is 19.2 Å². The Hall–Kier alpha value is -3.82. The molecular weight excluding hydrogens is 367 g/mol. The molecule has 0 aliphatic rings. The monoisotopic (exact) mass is 384 g/mol. The third kappa shape index (κ3) is 4.87. The number of nitrogens with zero attached hydrogens (tertiary/aromatic N) is 4. The predicted octanol–water partition coefficient (Wildman–Crippen LogP) is 0.878. The van der Waals surface area contributed by atoms with Crippen molar-refractivity contribution in [3.8, 4) is 17.1 Å². The second-order valence-electron chi connectivity index (χ2n) is 5.75. The van der Waals surface area contributed by atoms with E-state index in [9.17, 15) is 14.0 Å². The average Bonchev–Trinajstić information content (AvgIpc) is 3.16. The summed E-state index contributed by atoms with van der Waals surface area (Å²) in [6.45, 7) is -0.225. The summed E-state index contributed by atoms with van der Waals surface area (Å²) in [7, 11) is 1.35. The number of hydrazine groups is 1. The van der Waals surface area contributed by atoms with Crippen molar-refractivity contribution in [1.82, 2.24) is 31.1 Å². The first-order valence-electron chi connectivity index (χ1n) is 8.28. The van der Waals surface area contributed by atoms with Gasteiger partial charge in [-0.3, -0.25) is 20.4 Å². The maximum absolute atomic E-state index is 13.6. The minimum atomic E-state index is -0.566. The molecule has 10 heteroatoms. The van der Waals surface area contributed by atoms with Crippen molar-refractivity contribution in [3.63, 3.8) is 0 Å². The summed E-state index contributed by atoms with van der Waals surface area (Å²) >= 11 is 0. The van der Waals surface area contributed by atoms with E-state index in [2.05, 4.69) is 26.3 Å². The molecule has 28 heavy (non-hydrogen) atoms. The molecule has 3 aromatic rings. The standard InChI is InChI=1S/C18H17FN6O3/c1-28-15-8-7-12(9-14(15)19)10-16(26)20-21-17(27)11-25-23-18(22-24-25)13-5-3-2-4-6-13/h2-9H,10-11H2,1H3,(H,20,26)(H,21,27). The summed E-state index contributed by atoms with van der Waals surface area (Å²) in [4.78, 5) is 24.9. The van der Waals surface area contributed by atoms with Crippen molar-refractivity contribution in [3.05, 3.63) is 59.9 Å². The molecule has 0 saturated heterocycles. The molecule has 2 aromatic carbocycles. The number of methoxy groups -OCH3 is 1. The van der Waals surface area contributed by atoms with Crippen LogP contribution in [0.4, 0.5) is 4.39 Å². The van der Waals surface area contributed by atoms with Crippen molar-refractivity contribution >= 4 is 11.8 Å². The van der Waals surface area contributed by atoms with Crippen LogP contribution in [0.1, 0.15) is 5.56 Å². The Morgan fingerprint density at radius 2 is 1.86 bits per heavy atom. The number of carbonyl (C=O) groups is 2. The van der Waals surface area contributed by atoms with E-state index >= 15 is 0 Å². The second kappa shape index (κ2) is 8.71. The van der Waals surface area contributed by atoms with Crippen LogP contribution in [0.2, 0.25) is 0 Å². The molecule has 0 aliphatic carbocycles. The molecule has 9 nitrogen and oxygen atoms in total. The Morgan fingerprint density at radius 3 is 2.57 bits per heavy atom. The predicted molar refractivity (Wildman–Crippen MR) is 96.2 cm³/mol. The van der Waals surface area contributed by atoms with Gasteiger partial charge in [0.2, 0.25) is 11.7 Å². The molecule has 0 fully saturated rings. The van der Waals surface area contributed by atoms with Crippen molar-refractivity contribution < 1.29 is 18.7 Å². The number of ether oxygens (including phenoxy) is 1. The summed E-state index contributed by atoms with van der Waals surface area (Å²) in [6, 6.07) is 13.4. The van der Waals surface area contributed by atoms with Crippen LogP contribution in [0.15, 0.2) is 48.5 Å². The Kier molecular flexibility index (Phi) is 5.90. The smallest absolute Gasteiger partial charge is 0.262 e. The first-order chi connectivity index (χ1) is 13.5. The van der Waals surface area contributed by atoms with E-state index in [0.29, 0.717) is 11.4 Å². The van der Waals surface area contributed by atoms with Crippen molar-refractivity contribution in [1.29, 1.82) is 0 Å². The van der Waals surface area contributed by atoms with Gasteiger partial charge in [-0.25, -0.2) is 4.39 Å². The lowest BCUT2D eigenvalue weighted by Crippen LogP contribution is -2.44. The molecule has 0 atom stereocenters. The minimum absolute atomic E-state index is 0.0904. The number of amides is 2. The molecule has 2 amide bonds. The molecule has 0 spiro atoms. The molecule has 144 valence electrons. The first-order valence-corrected chi connectivity index (χ1v) is 8.28. The van der Waals surface area contributed by atoms with Gasteiger partial charge in [0.1, 0.15) is 6.54 Å². The largest absolute Gasteiger partial charge is 0.494 e. The van der Waals surface area contributed by atoms with Crippen LogP contribution in [0.25, 0.3) is 11.4 Å². The minimum Gasteiger partial charge on any atom is -0.494 e. The van der Waals surface area contributed by atoms with Gasteiger partial charge < -0.3 is 4.74 Å². The van der Waals surface area contributed by atoms with Crippen molar-refractivity contribution in [2.45, 2.75) is 13.0 Å². The molecule has 0 bridgehead atoms. The highest BCUT2D eigenvalue weighted by Gasteiger charge is 2.11. The molecule has 1 aromatic heterocycles. The molecule has 0 saturated carbocycles. The maximum atomic E-state index is 13.6. The Bertz CT molecular complexity index is 976. The van der Waals surface area contributed by atoms with Gasteiger partial charge in [-0.15, -0.1) is 10.2 Å². The Labute approximate surface area is 159 Å². The summed E-state index contributed by atoms with van der Waals surface area (Å²) in [5.74, 6) is -1.13. The molecule has 0 aliphatic heterocycles. The SMILES string of the molecule is COc1ccc(CC(=O)NNC(=O)Cn2nnc(-c3ccccc3)n2)cc1F. The van der Waals surface area contributed by atoms with Crippen LogP contribution in [-0.4, -0.2) is 39.1 Å². The molecular formula is C18H17FN6O3. The van der Waals surface area contributed by atoms with E-state index in [1.54, 1.807) is 6.07 Å². The third-order valence-corrected chi connectivity index (χ3v) is 3.69. The van der Waals surface area contributed by atoms with E-state index in [4.69, 9.17) is 4.74 Å². The number of nitrogens with one attached hydrogen (secondary N) is 2. The fourth-order valence-electron chi connectivity index (χ4n) is 2.37. The zero-order chi connectivity index (χ0) is 19.9. The van der Waals surface area contributed by atoms with Crippen molar-refractivity contribution in [2.24, 2.45) is 0 Å². The Balaban J connectivity index is 1.48. The average molecular weight is 384 g/mol. The number of aromatic nitrogens is 4. The third-order valence-electron chi connectivity index (χ3n) is 3.69. The van der Waals surface area contributed by atoms with Gasteiger partial charge >= 0.3 is 0 Å². The lowest BCUT2D eigenvalue weighted by Gasteiger charge is -2.08. The maximum Gasteiger partial charge on any atom is 0.262 e. The summed E-state index contributed by atoms with van der Waals surface area (Å²) < 4.78 is 18.5. The first kappa shape index (κ1) is 19.0. The van der Waals surface area contributed by atoms with Gasteiger partial charge in [-0.1, -0.05) is 36.4 Å². The van der Waals surface area contributed by atoms with Crippen LogP contribution >= 0.6 is 0 Å². The van der Waals surface area contributed by atoms with Crippen LogP contribution in [0, 0.1) is 5.82 Å². The van der Waals surface area contributed by atoms with Crippen LogP contribution in [-0.2, 0) is 22.6 Å². The summed E-state index contributed by atoms with van der Waals surface area (Å²) in [5, 5.41) is 11.8. The topological polar surface area (TPSA) is 111 Å². The zero-order valence-corrected chi connectivity index (χ0v) is 14.9. The molecule has 0 unspecified atom stereocenters. The van der Waals surface area contributed by atoms with Gasteiger partial charge in [-0.05, 0) is 22.9 Å². The van der Waals surface area contributed by atoms with Gasteiger partial charge in [0.25, 0.3) is 5.91 Å². The molecule has 2 N–H and O–H groups in total. The van der Waals surface area contributed by atoms with Gasteiger partial charge in [0.15, 0.2) is 11.6 Å². The van der Waals surface area contributed by atoms with Crippen LogP contribution in [0.5, 0.6) is 5.75 Å². The second-order valence-corrected chi connectivity index (χ2v) is 5.75. The van der Waals surface area contributed by atoms with Crippen LogP contribution in [0.3, 0.4) is 0 Å². The van der Waals surface area contributed by atoms with Gasteiger partial charge in [-0.2, -0.15) is 4.80 Å². The number of tetrazole rings is 1. The fourth-order valence-corrected chi connectivity index (χ4v) is 2.37. The fraction of sp³-hybridized carbons (Fsp3) is 0.167. The van der Waals surface area contributed by atoms with E-state index in [0.717, 1.165) is 10.4 Å². The van der Waals surface area contributed by atoms with Crippen LogP contribution < -0.4 is 15.6 Å². The van der Waals surface area contributed by atoms with Gasteiger partial charge in [0.05, 0.1) is 13.5 Å². The Morgan fingerprint density at radius 1 is 1.11 bits per heavy atom. The summed E-state index contributed by atoms with van der Waals surface area (Å²) in [6.07, 6.45) is -0.110. The number of hydrogen-bond acceptors (Lipinski definition) is 6. The number of hydrogen-bond donors (Lipinski definition) is 2. The molecule has 1 heterocycles. The number of halogens is 1. The normalized spacial score (nSPS) is 10.4. The highest BCUT2D eigenvalue weighted by molar-refractivity contribution is 5.83. The summed E-state index contributed by atoms with van der Waals surface area (Å²) in [5.41, 5.74) is 5.72. The molecule has 3 rings (SSSR count). The lowest BCUT2D eigenvalue weighted by atomic mass is 10.1. The van der Waals surface area contributed by atoms with E-state index < -0.39 is 17.6 Å². The number of rotatable bonds is 6.